The molecule has 0 unspecified atom stereocenters. The minimum absolute atomic E-state index is 0.181. The van der Waals surface area contributed by atoms with E-state index in [2.05, 4.69) is 16.7 Å². The second-order valence-electron chi connectivity index (χ2n) is 7.70. The van der Waals surface area contributed by atoms with Crippen LogP contribution in [-0.4, -0.2) is 24.6 Å². The maximum atomic E-state index is 6.15. The molecule has 1 spiro atoms. The molecule has 0 radical (unpaired) electrons. The Morgan fingerprint density at radius 3 is 2.79 bits per heavy atom. The molecule has 0 bridgehead atoms. The number of fused-ring (bicyclic) bond motifs is 3. The highest BCUT2D eigenvalue weighted by Crippen LogP contribution is 2.49. The van der Waals surface area contributed by atoms with Gasteiger partial charge in [-0.3, -0.25) is 0 Å². The van der Waals surface area contributed by atoms with E-state index in [0.717, 1.165) is 52.1 Å². The third-order valence-corrected chi connectivity index (χ3v) is 6.03. The van der Waals surface area contributed by atoms with Crippen LogP contribution in [0.15, 0.2) is 41.4 Å². The monoisotopic (exact) mass is 397 g/mol. The molecule has 146 valence electrons. The van der Waals surface area contributed by atoms with E-state index < -0.39 is 0 Å². The Morgan fingerprint density at radius 1 is 1.07 bits per heavy atom. The van der Waals surface area contributed by atoms with Crippen LogP contribution in [0.25, 0.3) is 0 Å². The van der Waals surface area contributed by atoms with E-state index in [1.54, 1.807) is 0 Å². The van der Waals surface area contributed by atoms with Crippen LogP contribution in [0.1, 0.15) is 37.7 Å². The minimum atomic E-state index is -0.181. The molecule has 0 saturated heterocycles. The van der Waals surface area contributed by atoms with E-state index in [1.165, 1.54) is 19.3 Å². The molecule has 28 heavy (non-hydrogen) atoms. The van der Waals surface area contributed by atoms with Crippen LogP contribution in [0.2, 0.25) is 5.02 Å². The zero-order valence-corrected chi connectivity index (χ0v) is 16.5. The van der Waals surface area contributed by atoms with Crippen molar-refractivity contribution in [3.05, 3.63) is 47.0 Å². The highest BCUT2D eigenvalue weighted by atomic mass is 35.5. The number of halogens is 1. The first-order valence-corrected chi connectivity index (χ1v) is 10.4. The highest BCUT2D eigenvalue weighted by Gasteiger charge is 2.41. The van der Waals surface area contributed by atoms with E-state index in [-0.39, 0.29) is 5.54 Å². The summed E-state index contributed by atoms with van der Waals surface area (Å²) in [5.74, 6) is 2.61. The number of benzene rings is 2. The van der Waals surface area contributed by atoms with Crippen LogP contribution in [-0.2, 0) is 6.54 Å². The molecule has 1 fully saturated rings. The van der Waals surface area contributed by atoms with Crippen LogP contribution in [0.5, 0.6) is 11.5 Å². The molecule has 3 aliphatic rings. The summed E-state index contributed by atoms with van der Waals surface area (Å²) in [7, 11) is 0. The first-order valence-electron chi connectivity index (χ1n) is 10.0. The summed E-state index contributed by atoms with van der Waals surface area (Å²) in [5, 5.41) is 8.17. The molecule has 0 aromatic heterocycles. The lowest BCUT2D eigenvalue weighted by Gasteiger charge is -2.43. The van der Waals surface area contributed by atoms with Crippen molar-refractivity contribution in [3.8, 4) is 11.5 Å². The van der Waals surface area contributed by atoms with Crippen molar-refractivity contribution in [1.29, 1.82) is 0 Å². The highest BCUT2D eigenvalue weighted by molar-refractivity contribution is 6.30. The number of rotatable bonds is 2. The summed E-state index contributed by atoms with van der Waals surface area (Å²) in [4.78, 5) is 5.04. The van der Waals surface area contributed by atoms with Gasteiger partial charge in [0.2, 0.25) is 0 Å². The average Bonchev–Trinajstić information content (AvgIpc) is 2.73. The topological polar surface area (TPSA) is 54.9 Å². The SMILES string of the molecule is Clc1cccc(CNC2=Nc3ccc4c(c3NC23CCCCC3)OCCO4)c1. The fraction of sp³-hybridized carbons (Fsp3) is 0.409. The van der Waals surface area contributed by atoms with Crippen molar-refractivity contribution in [1.82, 2.24) is 5.32 Å². The molecule has 6 heteroatoms. The Balaban J connectivity index is 1.50. The third-order valence-electron chi connectivity index (χ3n) is 5.79. The summed E-state index contributed by atoms with van der Waals surface area (Å²) < 4.78 is 11.7. The summed E-state index contributed by atoms with van der Waals surface area (Å²) >= 11 is 6.15. The van der Waals surface area contributed by atoms with E-state index in [9.17, 15) is 0 Å². The van der Waals surface area contributed by atoms with Crippen molar-refractivity contribution >= 4 is 28.8 Å². The summed E-state index contributed by atoms with van der Waals surface area (Å²) in [6.45, 7) is 1.86. The number of hydrogen-bond donors (Lipinski definition) is 2. The molecule has 1 saturated carbocycles. The lowest BCUT2D eigenvalue weighted by molar-refractivity contribution is 0.172. The fourth-order valence-corrected chi connectivity index (χ4v) is 4.62. The van der Waals surface area contributed by atoms with Gasteiger partial charge in [-0.15, -0.1) is 0 Å². The van der Waals surface area contributed by atoms with Gasteiger partial charge in [-0.1, -0.05) is 43.0 Å². The predicted octanol–water partition coefficient (Wildman–Crippen LogP) is 5.06. The molecule has 5 nitrogen and oxygen atoms in total. The molecule has 0 atom stereocenters. The van der Waals surface area contributed by atoms with Crippen molar-refractivity contribution in [2.45, 2.75) is 44.2 Å². The number of hydrogen-bond acceptors (Lipinski definition) is 5. The van der Waals surface area contributed by atoms with Crippen LogP contribution in [0, 0.1) is 0 Å². The van der Waals surface area contributed by atoms with Crippen LogP contribution >= 0.6 is 11.6 Å². The summed E-state index contributed by atoms with van der Waals surface area (Å²) in [5.41, 5.74) is 2.83. The number of amidine groups is 1. The van der Waals surface area contributed by atoms with Gasteiger partial charge >= 0.3 is 0 Å². The van der Waals surface area contributed by atoms with Crippen molar-refractivity contribution in [2.75, 3.05) is 18.5 Å². The van der Waals surface area contributed by atoms with Gasteiger partial charge in [-0.25, -0.2) is 4.99 Å². The normalized spacial score (nSPS) is 19.4. The molecule has 2 aromatic carbocycles. The number of nitrogens with one attached hydrogen (secondary N) is 2. The van der Waals surface area contributed by atoms with E-state index >= 15 is 0 Å². The summed E-state index contributed by atoms with van der Waals surface area (Å²) in [6.07, 6.45) is 5.75. The molecule has 2 N–H and O–H groups in total. The van der Waals surface area contributed by atoms with Gasteiger partial charge in [-0.2, -0.15) is 0 Å². The van der Waals surface area contributed by atoms with E-state index in [4.69, 9.17) is 26.1 Å². The van der Waals surface area contributed by atoms with Crippen molar-refractivity contribution in [2.24, 2.45) is 4.99 Å². The number of anilines is 1. The standard InChI is InChI=1S/C22H24ClN3O2/c23-16-6-4-5-15(13-16)14-24-21-22(9-2-1-3-10-22)26-19-17(25-21)7-8-18-20(19)28-12-11-27-18/h4-8,13,26H,1-3,9-12,14H2,(H,24,25). The van der Waals surface area contributed by atoms with Crippen LogP contribution in [0.3, 0.4) is 0 Å². The lowest BCUT2D eigenvalue weighted by Crippen LogP contribution is -2.54. The Hall–Kier alpha value is -2.40. The zero-order valence-electron chi connectivity index (χ0n) is 15.8. The van der Waals surface area contributed by atoms with Gasteiger partial charge in [0, 0.05) is 11.6 Å². The quantitative estimate of drug-likeness (QED) is 0.743. The van der Waals surface area contributed by atoms with Gasteiger partial charge in [0.15, 0.2) is 11.5 Å². The molecule has 0 amide bonds. The minimum Gasteiger partial charge on any atom is -0.486 e. The molecular weight excluding hydrogens is 374 g/mol. The van der Waals surface area contributed by atoms with Crippen LogP contribution in [0.4, 0.5) is 11.4 Å². The van der Waals surface area contributed by atoms with Gasteiger partial charge in [0.25, 0.3) is 0 Å². The van der Waals surface area contributed by atoms with Crippen molar-refractivity contribution < 1.29 is 9.47 Å². The first-order chi connectivity index (χ1) is 13.7. The maximum absolute atomic E-state index is 6.15. The molecule has 1 aliphatic carbocycles. The Labute approximate surface area is 170 Å². The Morgan fingerprint density at radius 2 is 1.93 bits per heavy atom. The van der Waals surface area contributed by atoms with E-state index in [0.29, 0.717) is 19.8 Å². The molecule has 2 aliphatic heterocycles. The van der Waals surface area contributed by atoms with E-state index in [1.807, 2.05) is 30.3 Å². The molecule has 5 rings (SSSR count). The average molecular weight is 398 g/mol. The smallest absolute Gasteiger partial charge is 0.186 e. The predicted molar refractivity (Wildman–Crippen MR) is 112 cm³/mol. The Kier molecular flexibility index (Phi) is 4.55. The number of ether oxygens (including phenoxy) is 2. The number of nitrogens with zero attached hydrogens (tertiary/aromatic N) is 1. The van der Waals surface area contributed by atoms with Gasteiger partial charge in [-0.05, 0) is 42.7 Å². The second kappa shape index (κ2) is 7.21. The third kappa shape index (κ3) is 3.18. The lowest BCUT2D eigenvalue weighted by atomic mass is 9.79. The fourth-order valence-electron chi connectivity index (χ4n) is 4.40. The second-order valence-corrected chi connectivity index (χ2v) is 8.13. The molecule has 2 heterocycles. The molecule has 2 aromatic rings. The molecular formula is C22H24ClN3O2. The van der Waals surface area contributed by atoms with Gasteiger partial charge in [0.1, 0.15) is 24.7 Å². The van der Waals surface area contributed by atoms with Crippen LogP contribution < -0.4 is 20.1 Å². The van der Waals surface area contributed by atoms with Gasteiger partial charge in [0.05, 0.1) is 11.2 Å². The number of aliphatic imine (C=N–C) groups is 1. The maximum Gasteiger partial charge on any atom is 0.186 e. The Bertz CT molecular complexity index is 922. The zero-order chi connectivity index (χ0) is 19.0. The van der Waals surface area contributed by atoms with Gasteiger partial charge < -0.3 is 20.1 Å². The summed E-state index contributed by atoms with van der Waals surface area (Å²) in [6, 6.07) is 11.9. The first kappa shape index (κ1) is 17.7. The largest absolute Gasteiger partial charge is 0.486 e. The van der Waals surface area contributed by atoms with Crippen molar-refractivity contribution in [3.63, 3.8) is 0 Å².